The lowest BCUT2D eigenvalue weighted by Gasteiger charge is -1.98. The van der Waals surface area contributed by atoms with Crippen molar-refractivity contribution in [3.8, 4) is 11.6 Å². The molecule has 0 spiro atoms. The molecular weight excluding hydrogens is 328 g/mol. The normalized spacial score (nSPS) is 12.0. The molecule has 2 aromatic carbocycles. The van der Waals surface area contributed by atoms with Gasteiger partial charge in [0.2, 0.25) is 11.9 Å². The van der Waals surface area contributed by atoms with Crippen LogP contribution in [0.1, 0.15) is 18.1 Å². The second-order valence-corrected chi connectivity index (χ2v) is 5.43. The van der Waals surface area contributed by atoms with E-state index in [9.17, 15) is 5.11 Å². The molecule has 0 atom stereocenters. The van der Waals surface area contributed by atoms with Crippen molar-refractivity contribution in [3.63, 3.8) is 0 Å². The summed E-state index contributed by atoms with van der Waals surface area (Å²) >= 11 is 5.83. The van der Waals surface area contributed by atoms with E-state index >= 15 is 0 Å². The molecule has 0 aliphatic rings. The maximum absolute atomic E-state index is 11.0. The van der Waals surface area contributed by atoms with Gasteiger partial charge in [-0.25, -0.2) is 0 Å². The molecule has 3 aromatic rings. The Balaban J connectivity index is 1.72. The van der Waals surface area contributed by atoms with E-state index in [2.05, 4.69) is 20.0 Å². The molecule has 0 radical (unpaired) electrons. The zero-order valence-electron chi connectivity index (χ0n) is 12.8. The lowest BCUT2D eigenvalue weighted by Crippen LogP contribution is -2.31. The summed E-state index contributed by atoms with van der Waals surface area (Å²) in [6.45, 7) is 1.87. The van der Waals surface area contributed by atoms with E-state index in [1.165, 1.54) is 10.9 Å². The first kappa shape index (κ1) is 15.9. The summed E-state index contributed by atoms with van der Waals surface area (Å²) < 4.78 is 5.88. The van der Waals surface area contributed by atoms with E-state index in [1.54, 1.807) is 18.3 Å². The van der Waals surface area contributed by atoms with Crippen LogP contribution in [0, 0.1) is 0 Å². The predicted molar refractivity (Wildman–Crippen MR) is 88.7 cm³/mol. The van der Waals surface area contributed by atoms with E-state index in [4.69, 9.17) is 11.6 Å². The SMILES string of the molecule is C/C(=N\N=C\c1ccc(Cl)cc1)c1ccc(-[n+]2cc([O-])on2)cc1. The molecule has 0 saturated carbocycles. The average molecular weight is 341 g/mol. The van der Waals surface area contributed by atoms with E-state index < -0.39 is 5.95 Å². The van der Waals surface area contributed by atoms with Crippen LogP contribution in [0.3, 0.4) is 0 Å². The standard InChI is InChI=1S/C17H13ClN4O2/c1-12(20-19-10-13-2-6-15(18)7-3-13)14-4-8-16(9-5-14)22-11-17(23)24-21-22/h2-11H,1H3/b19-10+,20-12+. The largest absolute Gasteiger partial charge is 0.539 e. The van der Waals surface area contributed by atoms with Crippen LogP contribution in [0.5, 0.6) is 5.95 Å². The summed E-state index contributed by atoms with van der Waals surface area (Å²) in [7, 11) is 0. The number of nitrogens with zero attached hydrogens (tertiary/aromatic N) is 4. The molecule has 0 aliphatic carbocycles. The fraction of sp³-hybridized carbons (Fsp3) is 0.0588. The maximum Gasteiger partial charge on any atom is 0.239 e. The fourth-order valence-corrected chi connectivity index (χ4v) is 2.12. The molecule has 0 aliphatic heterocycles. The van der Waals surface area contributed by atoms with Gasteiger partial charge in [-0.05, 0) is 47.0 Å². The molecule has 0 N–H and O–H groups in total. The molecular formula is C17H13ClN4O2. The number of aromatic nitrogens is 2. The smallest absolute Gasteiger partial charge is 0.239 e. The number of rotatable bonds is 4. The molecule has 0 bridgehead atoms. The van der Waals surface area contributed by atoms with Gasteiger partial charge in [0.05, 0.1) is 17.2 Å². The molecule has 3 rings (SSSR count). The first-order valence-corrected chi connectivity index (χ1v) is 7.49. The Morgan fingerprint density at radius 3 is 2.50 bits per heavy atom. The van der Waals surface area contributed by atoms with Crippen molar-refractivity contribution in [2.24, 2.45) is 10.2 Å². The van der Waals surface area contributed by atoms with Gasteiger partial charge < -0.3 is 9.63 Å². The summed E-state index contributed by atoms with van der Waals surface area (Å²) in [6.07, 6.45) is 2.93. The van der Waals surface area contributed by atoms with Crippen molar-refractivity contribution in [2.45, 2.75) is 6.92 Å². The van der Waals surface area contributed by atoms with Crippen molar-refractivity contribution in [1.29, 1.82) is 0 Å². The third-order valence-corrected chi connectivity index (χ3v) is 3.53. The molecule has 24 heavy (non-hydrogen) atoms. The van der Waals surface area contributed by atoms with Crippen molar-refractivity contribution < 1.29 is 14.3 Å². The Labute approximate surface area is 143 Å². The maximum atomic E-state index is 11.0. The van der Waals surface area contributed by atoms with Crippen LogP contribution < -0.4 is 9.79 Å². The van der Waals surface area contributed by atoms with Gasteiger partial charge in [0.25, 0.3) is 0 Å². The van der Waals surface area contributed by atoms with Crippen LogP contribution in [0.4, 0.5) is 0 Å². The first-order valence-electron chi connectivity index (χ1n) is 7.11. The molecule has 0 amide bonds. The zero-order chi connectivity index (χ0) is 16.9. The minimum atomic E-state index is -0.492. The van der Waals surface area contributed by atoms with Crippen molar-refractivity contribution in [3.05, 3.63) is 70.9 Å². The number of benzene rings is 2. The topological polar surface area (TPSA) is 77.7 Å². The average Bonchev–Trinajstić information content (AvgIpc) is 3.03. The third-order valence-electron chi connectivity index (χ3n) is 3.28. The lowest BCUT2D eigenvalue weighted by atomic mass is 10.1. The summed E-state index contributed by atoms with van der Waals surface area (Å²) in [5.74, 6) is -0.492. The second-order valence-electron chi connectivity index (χ2n) is 4.99. The molecule has 1 heterocycles. The Kier molecular flexibility index (Phi) is 4.67. The van der Waals surface area contributed by atoms with E-state index in [0.717, 1.165) is 22.5 Å². The number of halogens is 1. The van der Waals surface area contributed by atoms with Crippen molar-refractivity contribution in [1.82, 2.24) is 5.27 Å². The van der Waals surface area contributed by atoms with Crippen molar-refractivity contribution >= 4 is 23.5 Å². The second kappa shape index (κ2) is 7.06. The first-order chi connectivity index (χ1) is 11.6. The summed E-state index contributed by atoms with van der Waals surface area (Å²) in [5, 5.41) is 23.6. The highest BCUT2D eigenvalue weighted by Gasteiger charge is 2.09. The Bertz CT molecular complexity index is 884. The number of hydrogen-bond donors (Lipinski definition) is 0. The Hall–Kier alpha value is -2.99. The predicted octanol–water partition coefficient (Wildman–Crippen LogP) is 2.52. The minimum absolute atomic E-state index is 0.492. The van der Waals surface area contributed by atoms with Crippen LogP contribution in [-0.2, 0) is 0 Å². The van der Waals surface area contributed by atoms with E-state index in [1.807, 2.05) is 43.3 Å². The minimum Gasteiger partial charge on any atom is -0.539 e. The quantitative estimate of drug-likeness (QED) is 0.416. The Morgan fingerprint density at radius 2 is 1.88 bits per heavy atom. The van der Waals surface area contributed by atoms with Gasteiger partial charge in [-0.3, -0.25) is 0 Å². The molecule has 1 aromatic heterocycles. The van der Waals surface area contributed by atoms with Gasteiger partial charge in [0.1, 0.15) is 5.95 Å². The summed E-state index contributed by atoms with van der Waals surface area (Å²) in [6, 6.07) is 14.7. The fourth-order valence-electron chi connectivity index (χ4n) is 2.00. The lowest BCUT2D eigenvalue weighted by molar-refractivity contribution is -0.670. The van der Waals surface area contributed by atoms with Gasteiger partial charge in [0, 0.05) is 17.2 Å². The summed E-state index contributed by atoms with van der Waals surface area (Å²) in [5.41, 5.74) is 3.32. The molecule has 120 valence electrons. The van der Waals surface area contributed by atoms with Gasteiger partial charge in [-0.2, -0.15) is 10.2 Å². The molecule has 7 heteroatoms. The third kappa shape index (κ3) is 3.85. The van der Waals surface area contributed by atoms with Crippen LogP contribution in [-0.4, -0.2) is 17.2 Å². The van der Waals surface area contributed by atoms with Crippen molar-refractivity contribution in [2.75, 3.05) is 0 Å². The van der Waals surface area contributed by atoms with Gasteiger partial charge in [0.15, 0.2) is 0 Å². The van der Waals surface area contributed by atoms with Crippen LogP contribution in [0.2, 0.25) is 5.02 Å². The Morgan fingerprint density at radius 1 is 1.17 bits per heavy atom. The van der Waals surface area contributed by atoms with Crippen LogP contribution in [0.25, 0.3) is 5.69 Å². The molecule has 6 nitrogen and oxygen atoms in total. The van der Waals surface area contributed by atoms with E-state index in [0.29, 0.717) is 5.02 Å². The van der Waals surface area contributed by atoms with Crippen LogP contribution in [0.15, 0.2) is 69.5 Å². The zero-order valence-corrected chi connectivity index (χ0v) is 13.5. The highest BCUT2D eigenvalue weighted by atomic mass is 35.5. The van der Waals surface area contributed by atoms with Gasteiger partial charge in [-0.1, -0.05) is 23.7 Å². The van der Waals surface area contributed by atoms with Gasteiger partial charge >= 0.3 is 0 Å². The summed E-state index contributed by atoms with van der Waals surface area (Å²) in [4.78, 5) is 0. The van der Waals surface area contributed by atoms with Gasteiger partial charge in [-0.15, -0.1) is 0 Å². The highest BCUT2D eigenvalue weighted by molar-refractivity contribution is 6.30. The highest BCUT2D eigenvalue weighted by Crippen LogP contribution is 2.09. The van der Waals surface area contributed by atoms with Crippen LogP contribution >= 0.6 is 11.6 Å². The molecule has 0 unspecified atom stereocenters. The monoisotopic (exact) mass is 340 g/mol. The van der Waals surface area contributed by atoms with E-state index in [-0.39, 0.29) is 0 Å². The number of hydrogen-bond acceptors (Lipinski definition) is 5. The molecule has 0 fully saturated rings. The molecule has 0 saturated heterocycles.